The molecule has 0 saturated heterocycles. The van der Waals surface area contributed by atoms with E-state index in [9.17, 15) is 17.6 Å². The molecular formula is C14H13BrFN5O5S. The molecule has 0 fully saturated rings. The summed E-state index contributed by atoms with van der Waals surface area (Å²) in [6.45, 7) is 0.196. The first-order chi connectivity index (χ1) is 12.8. The largest absolute Gasteiger partial charge is 0.446 e. The van der Waals surface area contributed by atoms with Gasteiger partial charge in [-0.25, -0.2) is 31.5 Å². The van der Waals surface area contributed by atoms with E-state index in [0.29, 0.717) is 24.2 Å². The highest BCUT2D eigenvalue weighted by molar-refractivity contribution is 9.10. The van der Waals surface area contributed by atoms with Crippen LogP contribution < -0.4 is 10.5 Å². The van der Waals surface area contributed by atoms with Crippen molar-refractivity contribution in [2.24, 2.45) is 0 Å². The van der Waals surface area contributed by atoms with E-state index in [4.69, 9.17) is 9.15 Å². The number of aryl methyl sites for hydroxylation is 1. The zero-order valence-corrected chi connectivity index (χ0v) is 16.3. The summed E-state index contributed by atoms with van der Waals surface area (Å²) in [5.74, 6) is -1.26. The second-order valence-electron chi connectivity index (χ2n) is 5.54. The highest BCUT2D eigenvalue weighted by atomic mass is 79.9. The van der Waals surface area contributed by atoms with Gasteiger partial charge in [0.15, 0.2) is 5.69 Å². The van der Waals surface area contributed by atoms with E-state index < -0.39 is 21.6 Å². The van der Waals surface area contributed by atoms with Crippen molar-refractivity contribution in [1.82, 2.24) is 24.8 Å². The Morgan fingerprint density at radius 2 is 2.07 bits per heavy atom. The third-order valence-electron chi connectivity index (χ3n) is 3.49. The lowest BCUT2D eigenvalue weighted by atomic mass is 10.2. The van der Waals surface area contributed by atoms with Crippen LogP contribution in [0.4, 0.5) is 4.39 Å². The number of aromatic nitrogens is 4. The first kappa shape index (κ1) is 19.4. The van der Waals surface area contributed by atoms with E-state index in [1.807, 2.05) is 0 Å². The van der Waals surface area contributed by atoms with Crippen LogP contribution in [0.25, 0.3) is 17.2 Å². The second kappa shape index (κ2) is 7.70. The molecule has 0 bridgehead atoms. The topological polar surface area (TPSA) is 133 Å². The van der Waals surface area contributed by atoms with Gasteiger partial charge in [-0.05, 0) is 52.1 Å². The number of hydrogen-bond donors (Lipinski definition) is 1. The fourth-order valence-electron chi connectivity index (χ4n) is 2.31. The van der Waals surface area contributed by atoms with E-state index in [-0.39, 0.29) is 22.5 Å². The van der Waals surface area contributed by atoms with Gasteiger partial charge in [-0.15, -0.1) is 0 Å². The normalized spacial score (nSPS) is 11.8. The number of nitrogens with zero attached hydrogens (tertiary/aromatic N) is 4. The Hall–Kier alpha value is -2.38. The van der Waals surface area contributed by atoms with Gasteiger partial charge in [0.1, 0.15) is 11.5 Å². The number of benzene rings is 1. The van der Waals surface area contributed by atoms with Gasteiger partial charge in [0.2, 0.25) is 15.8 Å². The number of sulfonamides is 1. The van der Waals surface area contributed by atoms with Crippen molar-refractivity contribution in [3.05, 3.63) is 44.7 Å². The summed E-state index contributed by atoms with van der Waals surface area (Å²) < 4.78 is 48.7. The molecule has 10 nitrogen and oxygen atoms in total. The maximum absolute atomic E-state index is 13.5. The lowest BCUT2D eigenvalue weighted by Crippen LogP contribution is -2.23. The van der Waals surface area contributed by atoms with Crippen LogP contribution in [0.5, 0.6) is 0 Å². The van der Waals surface area contributed by atoms with Crippen molar-refractivity contribution < 1.29 is 22.0 Å². The molecule has 0 radical (unpaired) electrons. The molecular weight excluding hydrogens is 449 g/mol. The van der Waals surface area contributed by atoms with Crippen molar-refractivity contribution >= 4 is 26.0 Å². The Morgan fingerprint density at radius 1 is 1.30 bits per heavy atom. The summed E-state index contributed by atoms with van der Waals surface area (Å²) in [5.41, 5.74) is 0.839. The van der Waals surface area contributed by atoms with Crippen LogP contribution in [-0.2, 0) is 16.4 Å². The molecule has 3 rings (SSSR count). The summed E-state index contributed by atoms with van der Waals surface area (Å²) in [7, 11) is -3.29. The van der Waals surface area contributed by atoms with E-state index in [2.05, 4.69) is 36.1 Å². The molecule has 1 N–H and O–H groups in total. The molecule has 2 aromatic heterocycles. The summed E-state index contributed by atoms with van der Waals surface area (Å²) in [6, 6.07) is 3.95. The molecule has 27 heavy (non-hydrogen) atoms. The van der Waals surface area contributed by atoms with Crippen LogP contribution >= 0.6 is 15.9 Å². The first-order valence-electron chi connectivity index (χ1n) is 7.57. The Bertz CT molecular complexity index is 1120. The van der Waals surface area contributed by atoms with Crippen LogP contribution in [-0.4, -0.2) is 41.3 Å². The number of hydrogen-bond acceptors (Lipinski definition) is 8. The van der Waals surface area contributed by atoms with Gasteiger partial charge >= 0.3 is 5.76 Å². The molecule has 0 saturated carbocycles. The summed E-state index contributed by atoms with van der Waals surface area (Å²) in [6.07, 6.45) is 1.79. The zero-order valence-electron chi connectivity index (χ0n) is 13.8. The van der Waals surface area contributed by atoms with Crippen LogP contribution in [0.2, 0.25) is 0 Å². The van der Waals surface area contributed by atoms with E-state index >= 15 is 0 Å². The smallest absolute Gasteiger partial charge is 0.295 e. The van der Waals surface area contributed by atoms with Crippen LogP contribution in [0.3, 0.4) is 0 Å². The Balaban J connectivity index is 1.89. The molecule has 0 aliphatic carbocycles. The van der Waals surface area contributed by atoms with E-state index in [0.717, 1.165) is 10.8 Å². The van der Waals surface area contributed by atoms with Crippen molar-refractivity contribution in [3.8, 4) is 17.2 Å². The predicted octanol–water partition coefficient (Wildman–Crippen LogP) is 1.26. The van der Waals surface area contributed by atoms with Crippen molar-refractivity contribution in [2.75, 3.05) is 12.8 Å². The molecule has 0 aliphatic heterocycles. The molecule has 0 unspecified atom stereocenters. The summed E-state index contributed by atoms with van der Waals surface area (Å²) >= 11 is 3.06. The van der Waals surface area contributed by atoms with E-state index in [1.165, 1.54) is 18.2 Å². The van der Waals surface area contributed by atoms with Crippen LogP contribution in [0.15, 0.2) is 36.6 Å². The number of nitrogens with one attached hydrogen (secondary N) is 1. The average molecular weight is 462 g/mol. The third kappa shape index (κ3) is 4.48. The van der Waals surface area contributed by atoms with Gasteiger partial charge in [0, 0.05) is 6.54 Å². The van der Waals surface area contributed by atoms with Crippen molar-refractivity contribution in [3.63, 3.8) is 0 Å². The SMILES string of the molecule is CS(=O)(=O)NCCCc1nonc1-c1noc(=O)n1-c1ccc(F)c(Br)c1. The van der Waals surface area contributed by atoms with Gasteiger partial charge < -0.3 is 0 Å². The highest BCUT2D eigenvalue weighted by Crippen LogP contribution is 2.24. The highest BCUT2D eigenvalue weighted by Gasteiger charge is 2.22. The zero-order chi connectivity index (χ0) is 19.6. The molecule has 2 heterocycles. The summed E-state index contributed by atoms with van der Waals surface area (Å²) in [4.78, 5) is 12.1. The monoisotopic (exact) mass is 461 g/mol. The average Bonchev–Trinajstić information content (AvgIpc) is 3.19. The lowest BCUT2D eigenvalue weighted by Gasteiger charge is -2.05. The van der Waals surface area contributed by atoms with Crippen molar-refractivity contribution in [2.45, 2.75) is 12.8 Å². The quantitative estimate of drug-likeness (QED) is 0.519. The Labute approximate surface area is 160 Å². The number of rotatable bonds is 7. The second-order valence-corrected chi connectivity index (χ2v) is 8.22. The van der Waals surface area contributed by atoms with Gasteiger partial charge in [-0.2, -0.15) is 0 Å². The molecule has 144 valence electrons. The minimum Gasteiger partial charge on any atom is -0.295 e. The minimum atomic E-state index is -3.29. The fraction of sp³-hybridized carbons (Fsp3) is 0.286. The van der Waals surface area contributed by atoms with Crippen LogP contribution in [0.1, 0.15) is 12.1 Å². The lowest BCUT2D eigenvalue weighted by molar-refractivity contribution is 0.303. The maximum atomic E-state index is 13.5. The molecule has 13 heteroatoms. The molecule has 0 spiro atoms. The van der Waals surface area contributed by atoms with Gasteiger partial charge in [-0.1, -0.05) is 10.3 Å². The Kier molecular flexibility index (Phi) is 5.53. The first-order valence-corrected chi connectivity index (χ1v) is 10.3. The summed E-state index contributed by atoms with van der Waals surface area (Å²) in [5, 5.41) is 11.2. The predicted molar refractivity (Wildman–Crippen MR) is 94.2 cm³/mol. The van der Waals surface area contributed by atoms with Gasteiger partial charge in [0.25, 0.3) is 0 Å². The molecule has 0 aliphatic rings. The fourth-order valence-corrected chi connectivity index (χ4v) is 3.19. The standard InChI is InChI=1S/C14H13BrFN5O5S/c1-27(23,24)17-6-2-3-11-12(19-26-18-11)13-20-25-14(22)21(13)8-4-5-10(16)9(15)7-8/h4-5,7,17H,2-3,6H2,1H3. The van der Waals surface area contributed by atoms with Gasteiger partial charge in [-0.3, -0.25) is 4.52 Å². The van der Waals surface area contributed by atoms with Crippen LogP contribution in [0, 0.1) is 5.82 Å². The molecule has 0 atom stereocenters. The number of halogens is 2. The van der Waals surface area contributed by atoms with Gasteiger partial charge in [0.05, 0.1) is 16.4 Å². The Morgan fingerprint density at radius 3 is 2.78 bits per heavy atom. The molecule has 0 amide bonds. The maximum Gasteiger partial charge on any atom is 0.446 e. The molecule has 1 aromatic carbocycles. The van der Waals surface area contributed by atoms with E-state index in [1.54, 1.807) is 0 Å². The molecule has 3 aromatic rings. The minimum absolute atomic E-state index is 0.0332. The van der Waals surface area contributed by atoms with Crippen molar-refractivity contribution in [1.29, 1.82) is 0 Å². The third-order valence-corrected chi connectivity index (χ3v) is 4.83.